The summed E-state index contributed by atoms with van der Waals surface area (Å²) in [5.41, 5.74) is 0.319. The van der Waals surface area contributed by atoms with Gasteiger partial charge in [-0.25, -0.2) is 9.78 Å². The van der Waals surface area contributed by atoms with E-state index in [4.69, 9.17) is 0 Å². The van der Waals surface area contributed by atoms with Gasteiger partial charge in [-0.2, -0.15) is 13.2 Å². The van der Waals surface area contributed by atoms with Gasteiger partial charge < -0.3 is 9.88 Å². The van der Waals surface area contributed by atoms with Crippen LogP contribution in [0.4, 0.5) is 18.0 Å². The topological polar surface area (TPSA) is 76.0 Å². The number of nitrogens with one attached hydrogen (secondary N) is 2. The van der Waals surface area contributed by atoms with E-state index < -0.39 is 30.5 Å². The molecule has 1 aromatic carbocycles. The molecule has 6 nitrogen and oxygen atoms in total. The Hall–Kier alpha value is -2.58. The molecule has 0 spiro atoms. The highest BCUT2D eigenvalue weighted by atomic mass is 19.4. The molecule has 2 N–H and O–H groups in total. The molecule has 27 heavy (non-hydrogen) atoms. The molecule has 146 valence electrons. The van der Waals surface area contributed by atoms with Gasteiger partial charge in [0.15, 0.2) is 0 Å². The fourth-order valence-corrected chi connectivity index (χ4v) is 3.50. The average molecular weight is 382 g/mol. The lowest BCUT2D eigenvalue weighted by Gasteiger charge is -2.29. The van der Waals surface area contributed by atoms with E-state index >= 15 is 0 Å². The van der Waals surface area contributed by atoms with Crippen LogP contribution in [0, 0.1) is 5.92 Å². The number of halogens is 3. The van der Waals surface area contributed by atoms with Gasteiger partial charge in [0.25, 0.3) is 0 Å². The zero-order valence-electron chi connectivity index (χ0n) is 14.8. The van der Waals surface area contributed by atoms with Crippen molar-refractivity contribution in [2.75, 3.05) is 0 Å². The number of hydrogen-bond donors (Lipinski definition) is 2. The number of carbonyl (C=O) groups is 2. The predicted molar refractivity (Wildman–Crippen MR) is 92.8 cm³/mol. The van der Waals surface area contributed by atoms with E-state index in [1.165, 1.54) is 12.1 Å². The molecular weight excluding hydrogens is 361 g/mol. The van der Waals surface area contributed by atoms with Crippen molar-refractivity contribution in [1.82, 2.24) is 20.2 Å². The maximum atomic E-state index is 13.3. The Morgan fingerprint density at radius 3 is 2.63 bits per heavy atom. The van der Waals surface area contributed by atoms with Crippen LogP contribution in [0.5, 0.6) is 0 Å². The molecule has 0 saturated heterocycles. The van der Waals surface area contributed by atoms with E-state index in [1.807, 2.05) is 6.92 Å². The molecule has 2 unspecified atom stereocenters. The number of nitrogens with zero attached hydrogens (tertiary/aromatic N) is 2. The first kappa shape index (κ1) is 19.2. The Balaban J connectivity index is 1.71. The van der Waals surface area contributed by atoms with Gasteiger partial charge in [-0.3, -0.25) is 10.1 Å². The molecule has 9 heteroatoms. The van der Waals surface area contributed by atoms with Gasteiger partial charge in [-0.05, 0) is 30.9 Å². The average Bonchev–Trinajstić information content (AvgIpc) is 2.96. The van der Waals surface area contributed by atoms with Crippen molar-refractivity contribution >= 4 is 23.0 Å². The summed E-state index contributed by atoms with van der Waals surface area (Å²) >= 11 is 0. The number of para-hydroxylation sites is 2. The van der Waals surface area contributed by atoms with Gasteiger partial charge in [0.1, 0.15) is 6.54 Å². The normalized spacial score (nSPS) is 20.4. The smallest absolute Gasteiger partial charge is 0.335 e. The second kappa shape index (κ2) is 7.58. The van der Waals surface area contributed by atoms with E-state index in [1.54, 1.807) is 12.1 Å². The van der Waals surface area contributed by atoms with Gasteiger partial charge in [0, 0.05) is 6.04 Å². The van der Waals surface area contributed by atoms with E-state index in [0.29, 0.717) is 5.92 Å². The fourth-order valence-electron chi connectivity index (χ4n) is 3.50. The summed E-state index contributed by atoms with van der Waals surface area (Å²) in [6, 6.07) is 5.31. The summed E-state index contributed by atoms with van der Waals surface area (Å²) in [5, 5.41) is 4.87. The number of amides is 3. The first-order valence-electron chi connectivity index (χ1n) is 8.88. The minimum Gasteiger partial charge on any atom is -0.335 e. The minimum atomic E-state index is -4.71. The largest absolute Gasteiger partial charge is 0.449 e. The standard InChI is InChI=1S/C18H21F3N4O2/c1-11-6-2-3-7-12(11)23-17(27)24-15(26)10-25-14-9-5-4-8-13(14)22-16(25)18(19,20)21/h4-5,8-9,11-12H,2-3,6-7,10H2,1H3,(H2,23,24,26,27). The van der Waals surface area contributed by atoms with Gasteiger partial charge in [-0.15, -0.1) is 0 Å². The first-order chi connectivity index (χ1) is 12.8. The van der Waals surface area contributed by atoms with Crippen LogP contribution in [0.25, 0.3) is 11.0 Å². The number of fused-ring (bicyclic) bond motifs is 1. The van der Waals surface area contributed by atoms with Crippen LogP contribution >= 0.6 is 0 Å². The molecule has 1 aliphatic rings. The van der Waals surface area contributed by atoms with E-state index in [0.717, 1.165) is 30.3 Å². The zero-order chi connectivity index (χ0) is 19.6. The fraction of sp³-hybridized carbons (Fsp3) is 0.500. The second-order valence-electron chi connectivity index (χ2n) is 6.90. The van der Waals surface area contributed by atoms with Crippen molar-refractivity contribution in [3.63, 3.8) is 0 Å². The number of hydrogen-bond acceptors (Lipinski definition) is 3. The van der Waals surface area contributed by atoms with Crippen LogP contribution in [0.15, 0.2) is 24.3 Å². The maximum absolute atomic E-state index is 13.3. The number of benzene rings is 1. The van der Waals surface area contributed by atoms with Gasteiger partial charge in [0.2, 0.25) is 11.7 Å². The van der Waals surface area contributed by atoms with Crippen LogP contribution in [0.2, 0.25) is 0 Å². The van der Waals surface area contributed by atoms with E-state index in [-0.39, 0.29) is 17.1 Å². The number of alkyl halides is 3. The molecule has 1 fully saturated rings. The number of aromatic nitrogens is 2. The third-order valence-electron chi connectivity index (χ3n) is 4.89. The van der Waals surface area contributed by atoms with Crippen molar-refractivity contribution in [1.29, 1.82) is 0 Å². The lowest BCUT2D eigenvalue weighted by atomic mass is 9.86. The Morgan fingerprint density at radius 2 is 1.93 bits per heavy atom. The van der Waals surface area contributed by atoms with Crippen LogP contribution in [0.1, 0.15) is 38.4 Å². The monoisotopic (exact) mass is 382 g/mol. The number of imidazole rings is 1. The van der Waals surface area contributed by atoms with Crippen LogP contribution in [-0.4, -0.2) is 27.5 Å². The van der Waals surface area contributed by atoms with Crippen LogP contribution in [0.3, 0.4) is 0 Å². The second-order valence-corrected chi connectivity index (χ2v) is 6.90. The third kappa shape index (κ3) is 4.40. The van der Waals surface area contributed by atoms with Crippen molar-refractivity contribution in [3.05, 3.63) is 30.1 Å². The highest BCUT2D eigenvalue weighted by Gasteiger charge is 2.38. The zero-order valence-corrected chi connectivity index (χ0v) is 14.8. The molecule has 0 bridgehead atoms. The number of urea groups is 1. The predicted octanol–water partition coefficient (Wildman–Crippen LogP) is 3.46. The maximum Gasteiger partial charge on any atom is 0.449 e. The summed E-state index contributed by atoms with van der Waals surface area (Å²) in [7, 11) is 0. The molecule has 3 rings (SSSR count). The molecule has 2 atom stereocenters. The highest BCUT2D eigenvalue weighted by Crippen LogP contribution is 2.31. The van der Waals surface area contributed by atoms with Crippen molar-refractivity contribution in [3.8, 4) is 0 Å². The molecule has 2 aromatic rings. The van der Waals surface area contributed by atoms with Gasteiger partial charge in [0.05, 0.1) is 11.0 Å². The summed E-state index contributed by atoms with van der Waals surface area (Å²) in [5.74, 6) is -1.70. The van der Waals surface area contributed by atoms with Crippen LogP contribution < -0.4 is 10.6 Å². The molecule has 1 heterocycles. The first-order valence-corrected chi connectivity index (χ1v) is 8.88. The lowest BCUT2D eigenvalue weighted by molar-refractivity contribution is -0.147. The molecule has 3 amide bonds. The van der Waals surface area contributed by atoms with Crippen molar-refractivity contribution in [2.24, 2.45) is 5.92 Å². The molecular formula is C18H21F3N4O2. The quantitative estimate of drug-likeness (QED) is 0.854. The Bertz CT molecular complexity index is 847. The molecule has 1 saturated carbocycles. The van der Waals surface area contributed by atoms with Crippen molar-refractivity contribution < 1.29 is 22.8 Å². The lowest BCUT2D eigenvalue weighted by Crippen LogP contribution is -2.48. The Labute approximate surface area is 154 Å². The highest BCUT2D eigenvalue weighted by molar-refractivity contribution is 5.95. The minimum absolute atomic E-state index is 0.0358. The Morgan fingerprint density at radius 1 is 1.22 bits per heavy atom. The number of imide groups is 1. The molecule has 0 aliphatic heterocycles. The Kier molecular flexibility index (Phi) is 5.38. The third-order valence-corrected chi connectivity index (χ3v) is 4.89. The molecule has 1 aliphatic carbocycles. The molecule has 0 radical (unpaired) electrons. The summed E-state index contributed by atoms with van der Waals surface area (Å²) in [6.45, 7) is 1.38. The van der Waals surface area contributed by atoms with Gasteiger partial charge >= 0.3 is 12.2 Å². The van der Waals surface area contributed by atoms with E-state index in [2.05, 4.69) is 15.6 Å². The SMILES string of the molecule is CC1CCCCC1NC(=O)NC(=O)Cn1c(C(F)(F)F)nc2ccccc21. The molecule has 1 aromatic heterocycles. The van der Waals surface area contributed by atoms with Crippen LogP contribution in [-0.2, 0) is 17.5 Å². The number of rotatable bonds is 3. The number of carbonyl (C=O) groups excluding carboxylic acids is 2. The summed E-state index contributed by atoms with van der Waals surface area (Å²) in [4.78, 5) is 27.8. The van der Waals surface area contributed by atoms with E-state index in [9.17, 15) is 22.8 Å². The van der Waals surface area contributed by atoms with Gasteiger partial charge in [-0.1, -0.05) is 31.9 Å². The summed E-state index contributed by atoms with van der Waals surface area (Å²) < 4.78 is 40.6. The summed E-state index contributed by atoms with van der Waals surface area (Å²) in [6.07, 6.45) is -0.784. The van der Waals surface area contributed by atoms with Crippen molar-refractivity contribution in [2.45, 2.75) is 51.4 Å².